The molecule has 0 spiro atoms. The summed E-state index contributed by atoms with van der Waals surface area (Å²) in [6.45, 7) is 2.06. The Morgan fingerprint density at radius 1 is 1.38 bits per heavy atom. The van der Waals surface area contributed by atoms with Crippen molar-refractivity contribution in [2.24, 2.45) is 0 Å². The van der Waals surface area contributed by atoms with E-state index in [1.54, 1.807) is 29.2 Å². The summed E-state index contributed by atoms with van der Waals surface area (Å²) in [7, 11) is 0. The number of benzene rings is 1. The molecule has 3 nitrogen and oxygen atoms in total. The van der Waals surface area contributed by atoms with Crippen LogP contribution in [-0.2, 0) is 4.79 Å². The number of anilines is 1. The SMILES string of the molecule is CC(=O)c1ccc(N2CC(Cl)CC2=O)cc1. The number of amides is 1. The molecule has 0 radical (unpaired) electrons. The van der Waals surface area contributed by atoms with Gasteiger partial charge in [-0.05, 0) is 31.2 Å². The molecule has 0 bridgehead atoms. The van der Waals surface area contributed by atoms with Gasteiger partial charge in [-0.1, -0.05) is 0 Å². The van der Waals surface area contributed by atoms with Gasteiger partial charge in [0.05, 0.1) is 5.38 Å². The van der Waals surface area contributed by atoms with Crippen LogP contribution in [0.25, 0.3) is 0 Å². The minimum absolute atomic E-state index is 0.0227. The molecule has 1 aromatic rings. The Balaban J connectivity index is 2.22. The Labute approximate surface area is 99.0 Å². The number of hydrogen-bond donors (Lipinski definition) is 0. The van der Waals surface area contributed by atoms with E-state index in [4.69, 9.17) is 11.6 Å². The third-order valence-electron chi connectivity index (χ3n) is 2.66. The first kappa shape index (κ1) is 11.1. The summed E-state index contributed by atoms with van der Waals surface area (Å²) in [6.07, 6.45) is 0.385. The minimum atomic E-state index is -0.111. The molecule has 4 heteroatoms. The number of carbonyl (C=O) groups excluding carboxylic acids is 2. The zero-order chi connectivity index (χ0) is 11.7. The molecule has 0 aliphatic carbocycles. The van der Waals surface area contributed by atoms with Crippen LogP contribution in [0.1, 0.15) is 23.7 Å². The zero-order valence-corrected chi connectivity index (χ0v) is 9.70. The van der Waals surface area contributed by atoms with Crippen LogP contribution in [0.3, 0.4) is 0 Å². The van der Waals surface area contributed by atoms with E-state index >= 15 is 0 Å². The van der Waals surface area contributed by atoms with Crippen LogP contribution in [0.2, 0.25) is 0 Å². The predicted octanol–water partition coefficient (Wildman–Crippen LogP) is 2.23. The maximum Gasteiger partial charge on any atom is 0.228 e. The molecule has 1 fully saturated rings. The molecule has 1 saturated heterocycles. The summed E-state index contributed by atoms with van der Waals surface area (Å²) in [6, 6.07) is 7.02. The molecule has 2 rings (SSSR count). The molecule has 1 unspecified atom stereocenters. The Bertz CT molecular complexity index is 427. The van der Waals surface area contributed by atoms with Crippen LogP contribution in [0.5, 0.6) is 0 Å². The highest BCUT2D eigenvalue weighted by Gasteiger charge is 2.28. The van der Waals surface area contributed by atoms with Gasteiger partial charge in [-0.15, -0.1) is 11.6 Å². The Morgan fingerprint density at radius 2 is 2.00 bits per heavy atom. The normalized spacial score (nSPS) is 20.2. The smallest absolute Gasteiger partial charge is 0.228 e. The van der Waals surface area contributed by atoms with E-state index in [-0.39, 0.29) is 17.1 Å². The number of carbonyl (C=O) groups is 2. The number of nitrogens with zero attached hydrogens (tertiary/aromatic N) is 1. The van der Waals surface area contributed by atoms with Crippen molar-refractivity contribution in [2.45, 2.75) is 18.7 Å². The standard InChI is InChI=1S/C12H12ClNO2/c1-8(15)9-2-4-11(5-3-9)14-7-10(13)6-12(14)16/h2-5,10H,6-7H2,1H3. The fourth-order valence-electron chi connectivity index (χ4n) is 1.79. The van der Waals surface area contributed by atoms with E-state index in [0.29, 0.717) is 18.5 Å². The molecular weight excluding hydrogens is 226 g/mol. The lowest BCUT2D eigenvalue weighted by atomic mass is 10.1. The molecule has 0 aromatic heterocycles. The average Bonchev–Trinajstić information content (AvgIpc) is 2.58. The van der Waals surface area contributed by atoms with Gasteiger partial charge in [-0.25, -0.2) is 0 Å². The fourth-order valence-corrected chi connectivity index (χ4v) is 2.06. The second kappa shape index (κ2) is 4.26. The Morgan fingerprint density at radius 3 is 2.44 bits per heavy atom. The van der Waals surface area contributed by atoms with E-state index in [0.717, 1.165) is 5.69 Å². The summed E-state index contributed by atoms with van der Waals surface area (Å²) in [5, 5.41) is -0.111. The third kappa shape index (κ3) is 2.09. The van der Waals surface area contributed by atoms with E-state index in [2.05, 4.69) is 0 Å². The van der Waals surface area contributed by atoms with Gasteiger partial charge >= 0.3 is 0 Å². The second-order valence-electron chi connectivity index (χ2n) is 3.91. The quantitative estimate of drug-likeness (QED) is 0.584. The molecule has 16 heavy (non-hydrogen) atoms. The van der Waals surface area contributed by atoms with Crippen LogP contribution in [0, 0.1) is 0 Å². The van der Waals surface area contributed by atoms with Crippen LogP contribution in [-0.4, -0.2) is 23.6 Å². The predicted molar refractivity (Wildman–Crippen MR) is 63.1 cm³/mol. The number of rotatable bonds is 2. The molecule has 0 N–H and O–H groups in total. The first-order chi connectivity index (χ1) is 7.58. The number of ketones is 1. The molecule has 1 heterocycles. The molecule has 1 atom stereocenters. The highest BCUT2D eigenvalue weighted by atomic mass is 35.5. The van der Waals surface area contributed by atoms with Gasteiger partial charge < -0.3 is 4.90 Å². The van der Waals surface area contributed by atoms with Crippen LogP contribution < -0.4 is 4.90 Å². The summed E-state index contributed by atoms with van der Waals surface area (Å²) >= 11 is 5.92. The van der Waals surface area contributed by atoms with Gasteiger partial charge in [0, 0.05) is 24.2 Å². The Hall–Kier alpha value is -1.35. The largest absolute Gasteiger partial charge is 0.311 e. The third-order valence-corrected chi connectivity index (χ3v) is 2.96. The fraction of sp³-hybridized carbons (Fsp3) is 0.333. The number of alkyl halides is 1. The van der Waals surface area contributed by atoms with E-state index < -0.39 is 0 Å². The zero-order valence-electron chi connectivity index (χ0n) is 8.94. The average molecular weight is 238 g/mol. The van der Waals surface area contributed by atoms with Gasteiger partial charge in [-0.2, -0.15) is 0 Å². The lowest BCUT2D eigenvalue weighted by Crippen LogP contribution is -2.24. The lowest BCUT2D eigenvalue weighted by molar-refractivity contribution is -0.117. The topological polar surface area (TPSA) is 37.4 Å². The highest BCUT2D eigenvalue weighted by molar-refractivity contribution is 6.24. The monoisotopic (exact) mass is 237 g/mol. The van der Waals surface area contributed by atoms with Crippen molar-refractivity contribution < 1.29 is 9.59 Å². The molecule has 1 amide bonds. The van der Waals surface area contributed by atoms with Gasteiger partial charge in [0.2, 0.25) is 5.91 Å². The van der Waals surface area contributed by atoms with Gasteiger partial charge in [-0.3, -0.25) is 9.59 Å². The molecule has 84 valence electrons. The van der Waals surface area contributed by atoms with Crippen molar-refractivity contribution >= 4 is 29.0 Å². The van der Waals surface area contributed by atoms with Gasteiger partial charge in [0.25, 0.3) is 0 Å². The van der Waals surface area contributed by atoms with Crippen molar-refractivity contribution in [3.63, 3.8) is 0 Å². The second-order valence-corrected chi connectivity index (χ2v) is 4.53. The molecule has 1 aliphatic heterocycles. The van der Waals surface area contributed by atoms with Gasteiger partial charge in [0.1, 0.15) is 0 Å². The van der Waals surface area contributed by atoms with Crippen LogP contribution in [0.4, 0.5) is 5.69 Å². The minimum Gasteiger partial charge on any atom is -0.311 e. The summed E-state index contributed by atoms with van der Waals surface area (Å²) < 4.78 is 0. The summed E-state index contributed by atoms with van der Waals surface area (Å²) in [5.74, 6) is 0.0603. The van der Waals surface area contributed by atoms with Crippen LogP contribution in [0.15, 0.2) is 24.3 Å². The van der Waals surface area contributed by atoms with Crippen molar-refractivity contribution in [3.8, 4) is 0 Å². The van der Waals surface area contributed by atoms with E-state index in [1.807, 2.05) is 0 Å². The van der Waals surface area contributed by atoms with Gasteiger partial charge in [0.15, 0.2) is 5.78 Å². The van der Waals surface area contributed by atoms with Crippen LogP contribution >= 0.6 is 11.6 Å². The van der Waals surface area contributed by atoms with Crippen molar-refractivity contribution in [1.29, 1.82) is 0 Å². The molecule has 1 aromatic carbocycles. The highest BCUT2D eigenvalue weighted by Crippen LogP contribution is 2.24. The molecule has 0 saturated carbocycles. The molecular formula is C12H12ClNO2. The summed E-state index contributed by atoms with van der Waals surface area (Å²) in [5.41, 5.74) is 1.45. The Kier molecular flexibility index (Phi) is 2.97. The summed E-state index contributed by atoms with van der Waals surface area (Å²) in [4.78, 5) is 24.3. The maximum absolute atomic E-state index is 11.6. The van der Waals surface area contributed by atoms with E-state index in [1.165, 1.54) is 6.92 Å². The number of halogens is 1. The van der Waals surface area contributed by atoms with E-state index in [9.17, 15) is 9.59 Å². The van der Waals surface area contributed by atoms with Crippen molar-refractivity contribution in [3.05, 3.63) is 29.8 Å². The first-order valence-corrected chi connectivity index (χ1v) is 5.57. The van der Waals surface area contributed by atoms with Crippen molar-refractivity contribution in [1.82, 2.24) is 0 Å². The maximum atomic E-state index is 11.6. The van der Waals surface area contributed by atoms with Crippen molar-refractivity contribution in [2.75, 3.05) is 11.4 Å². The lowest BCUT2D eigenvalue weighted by Gasteiger charge is -2.15. The molecule has 1 aliphatic rings. The number of hydrogen-bond acceptors (Lipinski definition) is 2. The number of Topliss-reactive ketones (excluding diaryl/α,β-unsaturated/α-hetero) is 1. The first-order valence-electron chi connectivity index (χ1n) is 5.13.